The maximum atomic E-state index is 5.84. The lowest BCUT2D eigenvalue weighted by molar-refractivity contribution is 0.145. The molecule has 0 aromatic carbocycles. The molecule has 1 aliphatic carbocycles. The van der Waals surface area contributed by atoms with Crippen molar-refractivity contribution in [1.82, 2.24) is 4.90 Å². The fourth-order valence-electron chi connectivity index (χ4n) is 3.23. The van der Waals surface area contributed by atoms with Gasteiger partial charge in [-0.2, -0.15) is 0 Å². The van der Waals surface area contributed by atoms with Gasteiger partial charge in [-0.3, -0.25) is 0 Å². The van der Waals surface area contributed by atoms with Crippen molar-refractivity contribution in [2.75, 3.05) is 19.6 Å². The van der Waals surface area contributed by atoms with Gasteiger partial charge in [0.1, 0.15) is 0 Å². The molecule has 15 heavy (non-hydrogen) atoms. The predicted octanol–water partition coefficient (Wildman–Crippen LogP) is 2.38. The largest absolute Gasteiger partial charge is 0.330 e. The molecule has 0 spiro atoms. The van der Waals surface area contributed by atoms with Crippen molar-refractivity contribution in [3.8, 4) is 0 Å². The normalized spacial score (nSPS) is 31.4. The second-order valence-electron chi connectivity index (χ2n) is 5.38. The number of nitrogens with two attached hydrogens (primary N) is 1. The molecule has 1 atom stereocenters. The monoisotopic (exact) mass is 210 g/mol. The van der Waals surface area contributed by atoms with E-state index in [1.165, 1.54) is 64.5 Å². The fourth-order valence-corrected chi connectivity index (χ4v) is 3.23. The van der Waals surface area contributed by atoms with Crippen molar-refractivity contribution in [3.63, 3.8) is 0 Å². The summed E-state index contributed by atoms with van der Waals surface area (Å²) in [7, 11) is 0. The first-order valence-corrected chi connectivity index (χ1v) is 6.84. The molecule has 88 valence electrons. The highest BCUT2D eigenvalue weighted by molar-refractivity contribution is 4.80. The van der Waals surface area contributed by atoms with E-state index in [4.69, 9.17) is 5.73 Å². The molecule has 0 bridgehead atoms. The van der Waals surface area contributed by atoms with Crippen molar-refractivity contribution in [2.45, 2.75) is 57.4 Å². The van der Waals surface area contributed by atoms with Crippen LogP contribution in [0.4, 0.5) is 0 Å². The lowest BCUT2D eigenvalue weighted by Crippen LogP contribution is -2.40. The second-order valence-corrected chi connectivity index (χ2v) is 5.38. The molecule has 2 N–H and O–H groups in total. The van der Waals surface area contributed by atoms with Crippen LogP contribution in [0.15, 0.2) is 0 Å². The van der Waals surface area contributed by atoms with Gasteiger partial charge in [-0.25, -0.2) is 0 Å². The van der Waals surface area contributed by atoms with E-state index in [1.54, 1.807) is 0 Å². The van der Waals surface area contributed by atoms with E-state index >= 15 is 0 Å². The van der Waals surface area contributed by atoms with E-state index in [2.05, 4.69) is 4.90 Å². The third-order valence-corrected chi connectivity index (χ3v) is 4.22. The highest BCUT2D eigenvalue weighted by Gasteiger charge is 2.24. The molecule has 2 nitrogen and oxygen atoms in total. The van der Waals surface area contributed by atoms with Gasteiger partial charge >= 0.3 is 0 Å². The Morgan fingerprint density at radius 3 is 2.40 bits per heavy atom. The zero-order valence-electron chi connectivity index (χ0n) is 9.96. The van der Waals surface area contributed by atoms with E-state index in [-0.39, 0.29) is 0 Å². The third kappa shape index (κ3) is 3.18. The van der Waals surface area contributed by atoms with Gasteiger partial charge in [0, 0.05) is 12.6 Å². The minimum absolute atomic E-state index is 0.773. The van der Waals surface area contributed by atoms with Crippen LogP contribution in [0.5, 0.6) is 0 Å². The van der Waals surface area contributed by atoms with Gasteiger partial charge < -0.3 is 10.6 Å². The van der Waals surface area contributed by atoms with E-state index < -0.39 is 0 Å². The van der Waals surface area contributed by atoms with Crippen LogP contribution in [-0.4, -0.2) is 30.6 Å². The van der Waals surface area contributed by atoms with Crippen molar-refractivity contribution in [3.05, 3.63) is 0 Å². The number of hydrogen-bond acceptors (Lipinski definition) is 2. The van der Waals surface area contributed by atoms with Crippen LogP contribution < -0.4 is 5.73 Å². The van der Waals surface area contributed by atoms with Crippen LogP contribution >= 0.6 is 0 Å². The first kappa shape index (κ1) is 11.4. The summed E-state index contributed by atoms with van der Waals surface area (Å²) in [5, 5.41) is 0. The van der Waals surface area contributed by atoms with E-state index in [1.807, 2.05) is 0 Å². The Hall–Kier alpha value is -0.0800. The first-order valence-electron chi connectivity index (χ1n) is 6.84. The molecular weight excluding hydrogens is 184 g/mol. The average Bonchev–Trinajstić information content (AvgIpc) is 2.55. The van der Waals surface area contributed by atoms with Crippen LogP contribution in [0.3, 0.4) is 0 Å². The molecule has 2 aliphatic rings. The second kappa shape index (κ2) is 5.86. The van der Waals surface area contributed by atoms with Crippen molar-refractivity contribution in [2.24, 2.45) is 11.7 Å². The summed E-state index contributed by atoms with van der Waals surface area (Å²) in [5.41, 5.74) is 5.84. The van der Waals surface area contributed by atoms with Gasteiger partial charge in [0.05, 0.1) is 0 Å². The van der Waals surface area contributed by atoms with E-state index in [0.717, 1.165) is 18.5 Å². The summed E-state index contributed by atoms with van der Waals surface area (Å²) in [6, 6.07) is 0.894. The number of nitrogens with zero attached hydrogens (tertiary/aromatic N) is 1. The lowest BCUT2D eigenvalue weighted by atomic mass is 9.93. The molecule has 1 saturated carbocycles. The Kier molecular flexibility index (Phi) is 4.45. The maximum Gasteiger partial charge on any atom is 0.00953 e. The maximum absolute atomic E-state index is 5.84. The molecule has 1 heterocycles. The molecule has 1 unspecified atom stereocenters. The Bertz CT molecular complexity index is 175. The molecule has 1 aliphatic heterocycles. The Labute approximate surface area is 94.2 Å². The van der Waals surface area contributed by atoms with Crippen molar-refractivity contribution < 1.29 is 0 Å². The average molecular weight is 210 g/mol. The summed E-state index contributed by atoms with van der Waals surface area (Å²) >= 11 is 0. The summed E-state index contributed by atoms with van der Waals surface area (Å²) in [4.78, 5) is 2.75. The SMILES string of the molecule is NCC1CCCCN(C2CCCCC2)C1. The van der Waals surface area contributed by atoms with Gasteiger partial charge in [0.25, 0.3) is 0 Å². The zero-order valence-corrected chi connectivity index (χ0v) is 9.96. The van der Waals surface area contributed by atoms with Crippen molar-refractivity contribution in [1.29, 1.82) is 0 Å². The van der Waals surface area contributed by atoms with Crippen LogP contribution in [0, 0.1) is 5.92 Å². The minimum atomic E-state index is 0.773. The van der Waals surface area contributed by atoms with E-state index in [9.17, 15) is 0 Å². The van der Waals surface area contributed by atoms with Crippen LogP contribution in [0.1, 0.15) is 51.4 Å². The third-order valence-electron chi connectivity index (χ3n) is 4.22. The Balaban J connectivity index is 1.87. The minimum Gasteiger partial charge on any atom is -0.330 e. The van der Waals surface area contributed by atoms with Crippen LogP contribution in [-0.2, 0) is 0 Å². The van der Waals surface area contributed by atoms with Crippen molar-refractivity contribution >= 4 is 0 Å². The Morgan fingerprint density at radius 1 is 0.933 bits per heavy atom. The quantitative estimate of drug-likeness (QED) is 0.758. The smallest absolute Gasteiger partial charge is 0.00953 e. The molecule has 0 radical (unpaired) electrons. The van der Waals surface area contributed by atoms with Crippen LogP contribution in [0.2, 0.25) is 0 Å². The van der Waals surface area contributed by atoms with Gasteiger partial charge in [0.2, 0.25) is 0 Å². The number of likely N-dealkylation sites (tertiary alicyclic amines) is 1. The van der Waals surface area contributed by atoms with Crippen LogP contribution in [0.25, 0.3) is 0 Å². The van der Waals surface area contributed by atoms with Gasteiger partial charge in [-0.1, -0.05) is 25.7 Å². The first-order chi connectivity index (χ1) is 7.40. The standard InChI is InChI=1S/C13H26N2/c14-10-12-6-4-5-9-15(11-12)13-7-2-1-3-8-13/h12-13H,1-11,14H2. The summed E-state index contributed by atoms with van der Waals surface area (Å²) in [6.07, 6.45) is 11.4. The molecule has 0 aromatic heterocycles. The highest BCUT2D eigenvalue weighted by Crippen LogP contribution is 2.26. The van der Waals surface area contributed by atoms with Gasteiger partial charge in [0.15, 0.2) is 0 Å². The summed E-state index contributed by atoms with van der Waals surface area (Å²) in [5.74, 6) is 0.773. The molecular formula is C13H26N2. The van der Waals surface area contributed by atoms with E-state index in [0.29, 0.717) is 0 Å². The molecule has 0 amide bonds. The summed E-state index contributed by atoms with van der Waals surface area (Å²) < 4.78 is 0. The summed E-state index contributed by atoms with van der Waals surface area (Å²) in [6.45, 7) is 3.51. The lowest BCUT2D eigenvalue weighted by Gasteiger charge is -2.34. The molecule has 2 heteroatoms. The van der Waals surface area contributed by atoms with Gasteiger partial charge in [-0.05, 0) is 44.7 Å². The molecule has 0 aromatic rings. The number of hydrogen-bond donors (Lipinski definition) is 1. The predicted molar refractivity (Wildman–Crippen MR) is 64.8 cm³/mol. The highest BCUT2D eigenvalue weighted by atomic mass is 15.2. The zero-order chi connectivity index (χ0) is 10.5. The molecule has 2 fully saturated rings. The molecule has 1 saturated heterocycles. The molecule has 2 rings (SSSR count). The van der Waals surface area contributed by atoms with Gasteiger partial charge in [-0.15, -0.1) is 0 Å². The fraction of sp³-hybridized carbons (Fsp3) is 1.00. The number of rotatable bonds is 2. The Morgan fingerprint density at radius 2 is 1.67 bits per heavy atom. The topological polar surface area (TPSA) is 29.3 Å².